The largest absolute Gasteiger partial charge is 0.454 e. The Bertz CT molecular complexity index is 1450. The quantitative estimate of drug-likeness (QED) is 0.306. The Morgan fingerprint density at radius 1 is 0.829 bits per heavy atom. The van der Waals surface area contributed by atoms with E-state index in [0.717, 1.165) is 39.8 Å². The van der Waals surface area contributed by atoms with Gasteiger partial charge in [0.25, 0.3) is 5.91 Å². The van der Waals surface area contributed by atoms with Gasteiger partial charge in [-0.15, -0.1) is 0 Å². The molecular weight excluding hydrogens is 516 g/mol. The second-order valence-corrected chi connectivity index (χ2v) is 11.4. The molecule has 0 saturated carbocycles. The van der Waals surface area contributed by atoms with Gasteiger partial charge in [0.2, 0.25) is 11.8 Å². The number of likely N-dealkylation sites (tertiary alicyclic amines) is 1. The number of unbranched alkanes of at least 4 members (excludes halogenated alkanes) is 1. The lowest BCUT2D eigenvalue weighted by Crippen LogP contribution is -2.47. The van der Waals surface area contributed by atoms with E-state index in [1.165, 1.54) is 4.90 Å². The number of hydrogen-bond acceptors (Lipinski definition) is 5. The zero-order chi connectivity index (χ0) is 28.8. The number of ether oxygens (including phenoxy) is 1. The predicted octanol–water partition coefficient (Wildman–Crippen LogP) is 5.24. The lowest BCUT2D eigenvalue weighted by Gasteiger charge is -2.45. The number of esters is 1. The highest BCUT2D eigenvalue weighted by Gasteiger charge is 2.63. The molecule has 1 aliphatic heterocycles. The maximum atomic E-state index is 14.1. The first kappa shape index (κ1) is 26.9. The minimum absolute atomic E-state index is 0.245. The fourth-order valence-electron chi connectivity index (χ4n) is 7.01. The number of amides is 3. The van der Waals surface area contributed by atoms with E-state index in [2.05, 4.69) is 29.6 Å². The van der Waals surface area contributed by atoms with E-state index in [1.807, 2.05) is 57.2 Å². The Hall–Kier alpha value is -4.26. The molecule has 4 aliphatic rings. The molecule has 3 atom stereocenters. The van der Waals surface area contributed by atoms with Crippen molar-refractivity contribution in [3.8, 4) is 0 Å². The molecule has 7 rings (SSSR count). The number of rotatable bonds is 8. The number of benzene rings is 3. The summed E-state index contributed by atoms with van der Waals surface area (Å²) < 4.78 is 5.45. The SMILES string of the molecule is CCCC[C@@H](C(=O)OCC(=O)Nc1ccc(C)c(C)c1)N1C(=O)[C@@H]2C3c4ccccc4C(c4ccccc43)[C@@H]2C1=O. The van der Waals surface area contributed by atoms with Gasteiger partial charge in [0, 0.05) is 17.5 Å². The third-order valence-corrected chi connectivity index (χ3v) is 9.03. The van der Waals surface area contributed by atoms with Gasteiger partial charge in [-0.25, -0.2) is 4.79 Å². The number of nitrogens with zero attached hydrogens (tertiary/aromatic N) is 1. The van der Waals surface area contributed by atoms with Crippen molar-refractivity contribution >= 4 is 29.4 Å². The predicted molar refractivity (Wildman–Crippen MR) is 154 cm³/mol. The van der Waals surface area contributed by atoms with Crippen LogP contribution in [0.5, 0.6) is 0 Å². The average Bonchev–Trinajstić information content (AvgIpc) is 3.24. The Morgan fingerprint density at radius 2 is 1.37 bits per heavy atom. The van der Waals surface area contributed by atoms with E-state index in [1.54, 1.807) is 6.07 Å². The Balaban J connectivity index is 1.25. The number of nitrogens with one attached hydrogen (secondary N) is 1. The number of aryl methyl sites for hydroxylation is 2. The van der Waals surface area contributed by atoms with Crippen LogP contribution in [0.4, 0.5) is 5.69 Å². The van der Waals surface area contributed by atoms with E-state index in [9.17, 15) is 19.2 Å². The van der Waals surface area contributed by atoms with Crippen molar-refractivity contribution in [2.24, 2.45) is 11.8 Å². The minimum atomic E-state index is -1.07. The average molecular weight is 551 g/mol. The molecule has 3 amide bonds. The molecule has 0 unspecified atom stereocenters. The van der Waals surface area contributed by atoms with Gasteiger partial charge in [0.05, 0.1) is 11.8 Å². The zero-order valence-electron chi connectivity index (χ0n) is 23.6. The molecule has 1 fully saturated rings. The third-order valence-electron chi connectivity index (χ3n) is 9.03. The van der Waals surface area contributed by atoms with Crippen LogP contribution < -0.4 is 5.32 Å². The summed E-state index contributed by atoms with van der Waals surface area (Å²) in [5.74, 6) is -3.47. The molecule has 41 heavy (non-hydrogen) atoms. The molecule has 0 spiro atoms. The maximum Gasteiger partial charge on any atom is 0.329 e. The summed E-state index contributed by atoms with van der Waals surface area (Å²) in [6.07, 6.45) is 1.71. The summed E-state index contributed by atoms with van der Waals surface area (Å²) >= 11 is 0. The highest BCUT2D eigenvalue weighted by atomic mass is 16.5. The van der Waals surface area contributed by atoms with Gasteiger partial charge in [-0.05, 0) is 65.8 Å². The van der Waals surface area contributed by atoms with E-state index >= 15 is 0 Å². The molecule has 210 valence electrons. The van der Waals surface area contributed by atoms with Crippen LogP contribution in [-0.2, 0) is 23.9 Å². The van der Waals surface area contributed by atoms with E-state index < -0.39 is 36.4 Å². The summed E-state index contributed by atoms with van der Waals surface area (Å²) in [5.41, 5.74) is 7.07. The normalized spacial score (nSPS) is 22.6. The summed E-state index contributed by atoms with van der Waals surface area (Å²) in [7, 11) is 0. The van der Waals surface area contributed by atoms with Crippen LogP contribution in [0.1, 0.15) is 71.4 Å². The monoisotopic (exact) mass is 550 g/mol. The Morgan fingerprint density at radius 3 is 1.85 bits per heavy atom. The molecule has 1 heterocycles. The second kappa shape index (κ2) is 10.6. The van der Waals surface area contributed by atoms with Crippen molar-refractivity contribution in [1.29, 1.82) is 0 Å². The van der Waals surface area contributed by atoms with E-state index in [4.69, 9.17) is 4.74 Å². The Labute approximate surface area is 239 Å². The fraction of sp³-hybridized carbons (Fsp3) is 0.353. The highest BCUT2D eigenvalue weighted by molar-refractivity contribution is 6.10. The van der Waals surface area contributed by atoms with Crippen molar-refractivity contribution < 1.29 is 23.9 Å². The van der Waals surface area contributed by atoms with Crippen LogP contribution in [0.3, 0.4) is 0 Å². The molecule has 3 aromatic carbocycles. The van der Waals surface area contributed by atoms with E-state index in [-0.39, 0.29) is 23.7 Å². The number of hydrogen-bond donors (Lipinski definition) is 1. The van der Waals surface area contributed by atoms with Gasteiger partial charge in [0.15, 0.2) is 6.61 Å². The first-order valence-corrected chi connectivity index (χ1v) is 14.4. The summed E-state index contributed by atoms with van der Waals surface area (Å²) in [5, 5.41) is 2.75. The molecule has 3 aliphatic carbocycles. The van der Waals surface area contributed by atoms with Crippen LogP contribution in [0.2, 0.25) is 0 Å². The molecule has 7 heteroatoms. The van der Waals surface area contributed by atoms with Gasteiger partial charge in [-0.1, -0.05) is 74.4 Å². The lowest BCUT2D eigenvalue weighted by atomic mass is 9.55. The molecule has 3 aromatic rings. The van der Waals surface area contributed by atoms with Crippen molar-refractivity contribution in [2.45, 2.75) is 57.9 Å². The van der Waals surface area contributed by atoms with Crippen LogP contribution >= 0.6 is 0 Å². The number of carbonyl (C=O) groups is 4. The van der Waals surface area contributed by atoms with E-state index in [0.29, 0.717) is 18.5 Å². The van der Waals surface area contributed by atoms with Crippen LogP contribution in [0.25, 0.3) is 0 Å². The summed E-state index contributed by atoms with van der Waals surface area (Å²) in [6.45, 7) is 5.42. The van der Waals surface area contributed by atoms with Crippen molar-refractivity contribution in [3.05, 3.63) is 100 Å². The topological polar surface area (TPSA) is 92.8 Å². The number of carbonyl (C=O) groups excluding carboxylic acids is 4. The molecule has 7 nitrogen and oxygen atoms in total. The standard InChI is InChI=1S/C34H34N2O5/c1-4-5-14-26(34(40)41-18-27(37)35-21-16-15-19(2)20(3)17-21)36-32(38)30-28-22-10-6-7-11-23(22)29(31(30)33(36)39)25-13-9-8-12-24(25)28/h6-13,15-17,26,28-31H,4-5,14,18H2,1-3H3,(H,35,37)/t26-,28?,29?,30-,31+/m0/s1. The third kappa shape index (κ3) is 4.44. The molecule has 1 N–H and O–H groups in total. The highest BCUT2D eigenvalue weighted by Crippen LogP contribution is 2.61. The van der Waals surface area contributed by atoms with Crippen molar-refractivity contribution in [3.63, 3.8) is 0 Å². The number of anilines is 1. The van der Waals surface area contributed by atoms with Crippen LogP contribution in [-0.4, -0.2) is 41.2 Å². The van der Waals surface area contributed by atoms with Gasteiger partial charge >= 0.3 is 5.97 Å². The van der Waals surface area contributed by atoms with Gasteiger partial charge < -0.3 is 10.1 Å². The second-order valence-electron chi connectivity index (χ2n) is 11.4. The summed E-state index contributed by atoms with van der Waals surface area (Å²) in [6, 6.07) is 20.6. The molecule has 0 aromatic heterocycles. The van der Waals surface area contributed by atoms with Gasteiger partial charge in [0.1, 0.15) is 6.04 Å². The molecule has 0 radical (unpaired) electrons. The smallest absolute Gasteiger partial charge is 0.329 e. The lowest BCUT2D eigenvalue weighted by molar-refractivity contribution is -0.160. The summed E-state index contributed by atoms with van der Waals surface area (Å²) in [4.78, 5) is 55.5. The van der Waals surface area contributed by atoms with Crippen molar-refractivity contribution in [1.82, 2.24) is 4.90 Å². The fourth-order valence-corrected chi connectivity index (χ4v) is 7.01. The zero-order valence-corrected chi connectivity index (χ0v) is 23.6. The molecule has 2 bridgehead atoms. The van der Waals surface area contributed by atoms with Crippen LogP contribution in [0, 0.1) is 25.7 Å². The van der Waals surface area contributed by atoms with Gasteiger partial charge in [-0.2, -0.15) is 0 Å². The first-order chi connectivity index (χ1) is 19.8. The maximum absolute atomic E-state index is 14.1. The first-order valence-electron chi connectivity index (χ1n) is 14.4. The number of imide groups is 1. The molecule has 1 saturated heterocycles. The van der Waals surface area contributed by atoms with Gasteiger partial charge in [-0.3, -0.25) is 19.3 Å². The van der Waals surface area contributed by atoms with Crippen molar-refractivity contribution in [2.75, 3.05) is 11.9 Å². The van der Waals surface area contributed by atoms with Crippen LogP contribution in [0.15, 0.2) is 66.7 Å². The minimum Gasteiger partial charge on any atom is -0.454 e. The Kier molecular flexibility index (Phi) is 6.98. The molecular formula is C34H34N2O5.